The number of alkyl halides is 3. The average Bonchev–Trinajstić information content (AvgIpc) is 1.59. The van der Waals surface area contributed by atoms with E-state index >= 15 is 0 Å². The van der Waals surface area contributed by atoms with Crippen LogP contribution in [0.1, 0.15) is 22.3 Å². The Bertz CT molecular complexity index is 8850. The SMILES string of the molecule is Cc1ccc2c(c1)c1cc(-c3ccc4c(c3)c3cc(C(F)(F)F)ccc3n4-c3ccccc3)ccc1n2-c1ccccc1.Cc1ccc2c(c1)c1cc(-c3ccc4ocnc4c3)ccc1n2-c1ccc2oc3ccc(-n4c5ccccc5c5ccccc54)cc3c2c1.Cc1ccc2c(c1)c1cc(-c3ccc4sc5ccccc5c4c3)ccc1n2-c1ccccc1. The number of oxazole rings is 1. The first-order valence-corrected chi connectivity index (χ1v) is 42.8. The van der Waals surface area contributed by atoms with Crippen molar-refractivity contribution < 1.29 is 22.0 Å². The zero-order valence-electron chi connectivity index (χ0n) is 68.0. The molecule has 0 aliphatic rings. The first-order chi connectivity index (χ1) is 61.3. The van der Waals surface area contributed by atoms with Gasteiger partial charge in [0.1, 0.15) is 16.7 Å². The molecule has 8 heterocycles. The summed E-state index contributed by atoms with van der Waals surface area (Å²) in [7, 11) is 0. The second kappa shape index (κ2) is 28.7. The molecular weight excluding hydrogens is 1560 g/mol. The van der Waals surface area contributed by atoms with Crippen LogP contribution < -0.4 is 0 Å². The van der Waals surface area contributed by atoms with Crippen molar-refractivity contribution in [1.82, 2.24) is 27.8 Å². The second-order valence-corrected chi connectivity index (χ2v) is 33.8. The molecule has 0 saturated heterocycles. The van der Waals surface area contributed by atoms with E-state index in [4.69, 9.17) is 8.83 Å². The molecule has 18 aromatic carbocycles. The molecule has 0 aliphatic carbocycles. The zero-order chi connectivity index (χ0) is 83.5. The van der Waals surface area contributed by atoms with Crippen molar-refractivity contribution in [2.24, 2.45) is 0 Å². The van der Waals surface area contributed by atoms with Crippen molar-refractivity contribution in [2.75, 3.05) is 0 Å². The number of furan rings is 1. The summed E-state index contributed by atoms with van der Waals surface area (Å²) in [6, 6.07) is 133. The fourth-order valence-corrected chi connectivity index (χ4v) is 20.4. The van der Waals surface area contributed by atoms with Crippen molar-refractivity contribution in [3.8, 4) is 61.8 Å². The fourth-order valence-electron chi connectivity index (χ4n) is 19.3. The lowest BCUT2D eigenvalue weighted by Crippen LogP contribution is -2.04. The molecule has 0 bridgehead atoms. The van der Waals surface area contributed by atoms with Crippen molar-refractivity contribution in [3.63, 3.8) is 0 Å². The Morgan fingerprint density at radius 2 is 0.560 bits per heavy atom. The normalized spacial score (nSPS) is 12.1. The molecule has 0 fully saturated rings. The molecule has 0 amide bonds. The van der Waals surface area contributed by atoms with Gasteiger partial charge in [-0.05, 0) is 273 Å². The molecule has 594 valence electrons. The predicted molar refractivity (Wildman–Crippen MR) is 514 cm³/mol. The zero-order valence-corrected chi connectivity index (χ0v) is 68.8. The maximum absolute atomic E-state index is 13.8. The Morgan fingerprint density at radius 3 is 1.00 bits per heavy atom. The van der Waals surface area contributed by atoms with E-state index in [0.717, 1.165) is 122 Å². The lowest BCUT2D eigenvalue weighted by Gasteiger charge is -2.09. The standard InChI is InChI=1S/C44H27N3O2.C38H25F3N2.C31H21NS/c1-26-10-15-40-33(20-26)34-21-27(28-12-17-44-37(22-28)45-25-48-44)11-16-41(34)47(40)30-14-19-43-36(24-30)35-23-29(13-18-42(35)49-43)46-38-8-4-2-6-31(38)32-7-3-5-9-39(32)46;1-24-12-16-34-30(20-24)31-21-25(13-17-35(31)42(34)28-8-4-2-5-9-28)26-14-18-36-32(22-26)33-23-27(38(39,40)41)15-19-37(33)43(36)29-10-6-3-7-11-29;1-20-11-14-28-25(17-20)26-18-21(12-15-29(26)32(28)23-7-3-2-4-8-23)22-13-16-31-27(19-22)24-9-5-6-10-30(24)33-31/h2-25H,1H3;2-23H,1H3;2-19H,1H3. The van der Waals surface area contributed by atoms with E-state index in [9.17, 15) is 13.2 Å². The summed E-state index contributed by atoms with van der Waals surface area (Å²) >= 11 is 1.87. The summed E-state index contributed by atoms with van der Waals surface area (Å²) in [5.74, 6) is 0. The van der Waals surface area contributed by atoms with Crippen LogP contribution in [0.4, 0.5) is 13.2 Å². The molecule has 0 spiro atoms. The highest BCUT2D eigenvalue weighted by molar-refractivity contribution is 7.25. The van der Waals surface area contributed by atoms with Crippen LogP contribution in [0.25, 0.3) is 224 Å². The molecule has 26 aromatic rings. The maximum atomic E-state index is 13.8. The maximum Gasteiger partial charge on any atom is 0.416 e. The Balaban J connectivity index is 0.000000107. The molecule has 0 N–H and O–H groups in total. The molecular formula is C113H73F3N6O2S. The number of aryl methyl sites for hydroxylation is 3. The van der Waals surface area contributed by atoms with Gasteiger partial charge in [0.25, 0.3) is 0 Å². The third kappa shape index (κ3) is 12.1. The van der Waals surface area contributed by atoms with Crippen LogP contribution in [0.2, 0.25) is 0 Å². The van der Waals surface area contributed by atoms with Crippen LogP contribution in [0.15, 0.2) is 397 Å². The number of nitrogens with zero attached hydrogens (tertiary/aromatic N) is 6. The summed E-state index contributed by atoms with van der Waals surface area (Å²) in [5.41, 5.74) is 29.6. The third-order valence-electron chi connectivity index (χ3n) is 25.1. The number of aromatic nitrogens is 6. The van der Waals surface area contributed by atoms with Crippen LogP contribution in [0.3, 0.4) is 0 Å². The topological polar surface area (TPSA) is 63.8 Å². The number of halogens is 3. The molecule has 0 saturated carbocycles. The predicted octanol–water partition coefficient (Wildman–Crippen LogP) is 31.9. The summed E-state index contributed by atoms with van der Waals surface area (Å²) < 4.78 is 67.5. The van der Waals surface area contributed by atoms with Gasteiger partial charge in [-0.25, -0.2) is 4.98 Å². The Labute approximate surface area is 718 Å². The van der Waals surface area contributed by atoms with Gasteiger partial charge in [0.05, 0.1) is 60.7 Å². The first-order valence-electron chi connectivity index (χ1n) is 42.0. The van der Waals surface area contributed by atoms with Gasteiger partial charge in [0.2, 0.25) is 0 Å². The second-order valence-electron chi connectivity index (χ2n) is 32.7. The quantitative estimate of drug-likeness (QED) is 0.152. The van der Waals surface area contributed by atoms with E-state index in [1.165, 1.54) is 132 Å². The Hall–Kier alpha value is -15.8. The summed E-state index contributed by atoms with van der Waals surface area (Å²) in [5, 5.41) is 16.1. The first kappa shape index (κ1) is 73.2. The Kier molecular flexibility index (Phi) is 16.8. The Morgan fingerprint density at radius 1 is 0.240 bits per heavy atom. The number of fused-ring (bicyclic) bond motifs is 22. The van der Waals surface area contributed by atoms with Crippen LogP contribution in [0, 0.1) is 20.8 Å². The van der Waals surface area contributed by atoms with Crippen LogP contribution in [-0.4, -0.2) is 27.8 Å². The largest absolute Gasteiger partial charge is 0.456 e. The highest BCUT2D eigenvalue weighted by Gasteiger charge is 2.32. The number of thiophene rings is 1. The van der Waals surface area contributed by atoms with Gasteiger partial charge in [-0.3, -0.25) is 0 Å². The van der Waals surface area contributed by atoms with Crippen LogP contribution in [0.5, 0.6) is 0 Å². The van der Waals surface area contributed by atoms with Crippen molar-refractivity contribution in [2.45, 2.75) is 26.9 Å². The highest BCUT2D eigenvalue weighted by Crippen LogP contribution is 2.46. The van der Waals surface area contributed by atoms with Gasteiger partial charge in [-0.15, -0.1) is 11.3 Å². The molecule has 8 nitrogen and oxygen atoms in total. The molecule has 125 heavy (non-hydrogen) atoms. The van der Waals surface area contributed by atoms with Crippen LogP contribution in [-0.2, 0) is 6.18 Å². The van der Waals surface area contributed by atoms with E-state index in [-0.39, 0.29) is 0 Å². The number of para-hydroxylation sites is 5. The molecule has 0 unspecified atom stereocenters. The van der Waals surface area contributed by atoms with E-state index in [0.29, 0.717) is 5.39 Å². The van der Waals surface area contributed by atoms with Gasteiger partial charge in [0, 0.05) is 113 Å². The van der Waals surface area contributed by atoms with Crippen LogP contribution >= 0.6 is 11.3 Å². The minimum Gasteiger partial charge on any atom is -0.456 e. The minimum absolute atomic E-state index is 0.577. The van der Waals surface area contributed by atoms with E-state index in [2.05, 4.69) is 341 Å². The molecule has 12 heteroatoms. The van der Waals surface area contributed by atoms with Gasteiger partial charge >= 0.3 is 6.18 Å². The van der Waals surface area contributed by atoms with Crippen molar-refractivity contribution in [3.05, 3.63) is 411 Å². The number of rotatable bonds is 8. The molecule has 0 aliphatic heterocycles. The molecule has 0 radical (unpaired) electrons. The molecule has 26 rings (SSSR count). The van der Waals surface area contributed by atoms with E-state index in [1.54, 1.807) is 6.07 Å². The van der Waals surface area contributed by atoms with Crippen molar-refractivity contribution in [1.29, 1.82) is 0 Å². The number of hydrogen-bond donors (Lipinski definition) is 0. The monoisotopic (exact) mass is 1630 g/mol. The average molecular weight is 1640 g/mol. The summed E-state index contributed by atoms with van der Waals surface area (Å²) in [6.07, 6.45) is -2.93. The molecule has 8 aromatic heterocycles. The lowest BCUT2D eigenvalue weighted by atomic mass is 10.00. The highest BCUT2D eigenvalue weighted by atomic mass is 32.1. The smallest absolute Gasteiger partial charge is 0.416 e. The minimum atomic E-state index is -4.43. The van der Waals surface area contributed by atoms with Gasteiger partial charge in [0.15, 0.2) is 12.0 Å². The lowest BCUT2D eigenvalue weighted by molar-refractivity contribution is -0.137. The molecule has 0 atom stereocenters. The van der Waals surface area contributed by atoms with Gasteiger partial charge in [-0.2, -0.15) is 13.2 Å². The number of hydrogen-bond acceptors (Lipinski definition) is 4. The summed E-state index contributed by atoms with van der Waals surface area (Å²) in [4.78, 5) is 4.38. The summed E-state index contributed by atoms with van der Waals surface area (Å²) in [6.45, 7) is 6.43. The third-order valence-corrected chi connectivity index (χ3v) is 26.3. The van der Waals surface area contributed by atoms with Gasteiger partial charge in [-0.1, -0.05) is 180 Å². The number of benzene rings is 18. The fraction of sp³-hybridized carbons (Fsp3) is 0.0354. The van der Waals surface area contributed by atoms with Gasteiger partial charge < -0.3 is 31.7 Å². The van der Waals surface area contributed by atoms with Crippen molar-refractivity contribution >= 4 is 174 Å². The van der Waals surface area contributed by atoms with E-state index < -0.39 is 11.7 Å². The van der Waals surface area contributed by atoms with E-state index in [1.807, 2.05) is 82.6 Å².